The molecule has 2 rings (SSSR count). The molecule has 0 bridgehead atoms. The van der Waals surface area contributed by atoms with E-state index in [4.69, 9.17) is 5.73 Å². The van der Waals surface area contributed by atoms with Crippen LogP contribution in [0.4, 0.5) is 18.9 Å². The molecule has 0 fully saturated rings. The number of nitrogens with zero attached hydrogens (tertiary/aromatic N) is 1. The van der Waals surface area contributed by atoms with Crippen molar-refractivity contribution in [2.24, 2.45) is 0 Å². The molecular formula is C13H11F3N2O. The third-order valence-electron chi connectivity index (χ3n) is 2.67. The first-order valence-corrected chi connectivity index (χ1v) is 5.62. The van der Waals surface area contributed by atoms with Crippen molar-refractivity contribution in [3.8, 4) is 0 Å². The number of nitrogen functional groups attached to an aromatic ring is 1. The Bertz CT molecular complexity index is 623. The zero-order valence-electron chi connectivity index (χ0n) is 9.87. The fraction of sp³-hybridized carbons (Fsp3) is 0.231. The van der Waals surface area contributed by atoms with Crippen LogP contribution in [-0.2, 0) is 0 Å². The Morgan fingerprint density at radius 2 is 1.95 bits per heavy atom. The van der Waals surface area contributed by atoms with Crippen LogP contribution in [0.5, 0.6) is 0 Å². The number of Topliss-reactive ketones (excluding diaryl/α,β-unsaturated/α-hetero) is 1. The number of carbonyl (C=O) groups is 1. The van der Waals surface area contributed by atoms with Gasteiger partial charge in [0.05, 0.1) is 11.9 Å². The number of benzene rings is 1. The normalized spacial score (nSPS) is 11.7. The number of carbonyl (C=O) groups excluding carboxylic acids is 1. The van der Waals surface area contributed by atoms with Crippen molar-refractivity contribution in [2.45, 2.75) is 19.0 Å². The molecule has 0 saturated heterocycles. The summed E-state index contributed by atoms with van der Waals surface area (Å²) in [5.74, 6) is -0.658. The predicted octanol–water partition coefficient (Wildman–Crippen LogP) is 3.34. The van der Waals surface area contributed by atoms with E-state index in [9.17, 15) is 18.0 Å². The first-order valence-electron chi connectivity index (χ1n) is 5.62. The van der Waals surface area contributed by atoms with E-state index in [0.29, 0.717) is 16.6 Å². The van der Waals surface area contributed by atoms with Crippen molar-refractivity contribution in [2.75, 3.05) is 5.73 Å². The molecule has 0 aliphatic rings. The van der Waals surface area contributed by atoms with Crippen LogP contribution in [0.15, 0.2) is 30.3 Å². The van der Waals surface area contributed by atoms with Crippen LogP contribution < -0.4 is 5.73 Å². The van der Waals surface area contributed by atoms with E-state index in [1.54, 1.807) is 24.3 Å². The van der Waals surface area contributed by atoms with Crippen LogP contribution in [-0.4, -0.2) is 16.9 Å². The van der Waals surface area contributed by atoms with Gasteiger partial charge in [0.2, 0.25) is 0 Å². The van der Waals surface area contributed by atoms with E-state index in [2.05, 4.69) is 4.98 Å². The Morgan fingerprint density at radius 1 is 1.26 bits per heavy atom. The quantitative estimate of drug-likeness (QED) is 0.868. The lowest BCUT2D eigenvalue weighted by Gasteiger charge is -2.07. The minimum absolute atomic E-state index is 0.0274. The van der Waals surface area contributed by atoms with E-state index in [1.165, 1.54) is 6.07 Å². The van der Waals surface area contributed by atoms with Crippen molar-refractivity contribution in [1.82, 2.24) is 4.98 Å². The molecule has 0 saturated carbocycles. The van der Waals surface area contributed by atoms with Gasteiger partial charge in [-0.3, -0.25) is 4.79 Å². The summed E-state index contributed by atoms with van der Waals surface area (Å²) in [7, 11) is 0. The molecule has 0 atom stereocenters. The molecule has 0 aliphatic carbocycles. The summed E-state index contributed by atoms with van der Waals surface area (Å²) in [6, 6.07) is 8.21. The van der Waals surface area contributed by atoms with E-state index in [-0.39, 0.29) is 5.69 Å². The molecule has 19 heavy (non-hydrogen) atoms. The number of fused-ring (bicyclic) bond motifs is 1. The summed E-state index contributed by atoms with van der Waals surface area (Å²) in [6.07, 6.45) is -6.12. The smallest absolute Gasteiger partial charge is 0.389 e. The number of aromatic nitrogens is 1. The van der Waals surface area contributed by atoms with Gasteiger partial charge in [-0.1, -0.05) is 18.2 Å². The Balaban J connectivity index is 2.28. The van der Waals surface area contributed by atoms with Crippen molar-refractivity contribution in [3.05, 3.63) is 36.0 Å². The third-order valence-corrected chi connectivity index (χ3v) is 2.67. The maximum Gasteiger partial charge on any atom is 0.389 e. The largest absolute Gasteiger partial charge is 0.398 e. The van der Waals surface area contributed by atoms with E-state index < -0.39 is 24.8 Å². The zero-order chi connectivity index (χ0) is 14.0. The second-order valence-electron chi connectivity index (χ2n) is 4.15. The van der Waals surface area contributed by atoms with Gasteiger partial charge >= 0.3 is 6.18 Å². The topological polar surface area (TPSA) is 56.0 Å². The van der Waals surface area contributed by atoms with Gasteiger partial charge in [-0.25, -0.2) is 4.98 Å². The lowest BCUT2D eigenvalue weighted by molar-refractivity contribution is -0.133. The van der Waals surface area contributed by atoms with E-state index in [1.807, 2.05) is 0 Å². The average molecular weight is 268 g/mol. The molecule has 1 aromatic carbocycles. The van der Waals surface area contributed by atoms with E-state index in [0.717, 1.165) is 0 Å². The van der Waals surface area contributed by atoms with Crippen LogP contribution in [0.1, 0.15) is 23.3 Å². The number of halogens is 3. The standard InChI is InChI=1S/C13H11F3N2O/c14-13(15,16)6-5-12(19)11-7-9(17)8-3-1-2-4-10(8)18-11/h1-4,7H,5-6H2,(H2,17,18). The zero-order valence-corrected chi connectivity index (χ0v) is 9.87. The number of rotatable bonds is 3. The summed E-state index contributed by atoms with van der Waals surface area (Å²) in [5.41, 5.74) is 6.57. The van der Waals surface area contributed by atoms with Crippen molar-refractivity contribution in [3.63, 3.8) is 0 Å². The molecule has 1 aromatic heterocycles. The Labute approximate surface area is 107 Å². The molecule has 0 amide bonds. The fourth-order valence-electron chi connectivity index (χ4n) is 1.73. The van der Waals surface area contributed by atoms with Gasteiger partial charge in [0.15, 0.2) is 5.78 Å². The van der Waals surface area contributed by atoms with Crippen LogP contribution in [0.3, 0.4) is 0 Å². The van der Waals surface area contributed by atoms with Crippen molar-refractivity contribution < 1.29 is 18.0 Å². The minimum Gasteiger partial charge on any atom is -0.398 e. The summed E-state index contributed by atoms with van der Waals surface area (Å²) >= 11 is 0. The van der Waals surface area contributed by atoms with Crippen LogP contribution in [0.25, 0.3) is 10.9 Å². The SMILES string of the molecule is Nc1cc(C(=O)CCC(F)(F)F)nc2ccccc12. The molecule has 0 spiro atoms. The molecule has 2 aromatic rings. The lowest BCUT2D eigenvalue weighted by atomic mass is 10.1. The van der Waals surface area contributed by atoms with Gasteiger partial charge in [0.1, 0.15) is 5.69 Å². The van der Waals surface area contributed by atoms with Gasteiger partial charge in [-0.2, -0.15) is 13.2 Å². The highest BCUT2D eigenvalue weighted by molar-refractivity contribution is 6.00. The van der Waals surface area contributed by atoms with E-state index >= 15 is 0 Å². The summed E-state index contributed by atoms with van der Waals surface area (Å²) in [4.78, 5) is 15.7. The lowest BCUT2D eigenvalue weighted by Crippen LogP contribution is -2.12. The number of ketones is 1. The minimum atomic E-state index is -4.35. The van der Waals surface area contributed by atoms with Gasteiger partial charge in [0, 0.05) is 17.5 Å². The monoisotopic (exact) mass is 268 g/mol. The number of anilines is 1. The number of alkyl halides is 3. The second-order valence-corrected chi connectivity index (χ2v) is 4.15. The number of hydrogen-bond acceptors (Lipinski definition) is 3. The summed E-state index contributed by atoms with van der Waals surface area (Å²) < 4.78 is 36.2. The first-order chi connectivity index (χ1) is 8.87. The van der Waals surface area contributed by atoms with Gasteiger partial charge in [0.25, 0.3) is 0 Å². The number of hydrogen-bond donors (Lipinski definition) is 1. The first kappa shape index (κ1) is 13.3. The molecule has 2 N–H and O–H groups in total. The molecule has 0 radical (unpaired) electrons. The highest BCUT2D eigenvalue weighted by Gasteiger charge is 2.28. The Hall–Kier alpha value is -2.11. The number of pyridine rings is 1. The maximum absolute atomic E-state index is 12.1. The molecule has 100 valence electrons. The van der Waals surface area contributed by atoms with Gasteiger partial charge in [-0.15, -0.1) is 0 Å². The third kappa shape index (κ3) is 3.21. The molecule has 0 aliphatic heterocycles. The number of para-hydroxylation sites is 1. The highest BCUT2D eigenvalue weighted by atomic mass is 19.4. The molecular weight excluding hydrogens is 257 g/mol. The highest BCUT2D eigenvalue weighted by Crippen LogP contribution is 2.24. The fourth-order valence-corrected chi connectivity index (χ4v) is 1.73. The predicted molar refractivity (Wildman–Crippen MR) is 65.8 cm³/mol. The van der Waals surface area contributed by atoms with Gasteiger partial charge < -0.3 is 5.73 Å². The molecule has 0 unspecified atom stereocenters. The van der Waals surface area contributed by atoms with Crippen LogP contribution >= 0.6 is 0 Å². The summed E-state index contributed by atoms with van der Waals surface area (Å²) in [6.45, 7) is 0. The average Bonchev–Trinajstić information content (AvgIpc) is 2.35. The molecule has 3 nitrogen and oxygen atoms in total. The van der Waals surface area contributed by atoms with Crippen molar-refractivity contribution in [1.29, 1.82) is 0 Å². The molecule has 1 heterocycles. The molecule has 6 heteroatoms. The van der Waals surface area contributed by atoms with Crippen LogP contribution in [0, 0.1) is 0 Å². The maximum atomic E-state index is 12.1. The second kappa shape index (κ2) is 4.87. The summed E-state index contributed by atoms with van der Waals surface area (Å²) in [5, 5.41) is 0.676. The van der Waals surface area contributed by atoms with Gasteiger partial charge in [-0.05, 0) is 12.1 Å². The van der Waals surface area contributed by atoms with Crippen LogP contribution in [0.2, 0.25) is 0 Å². The van der Waals surface area contributed by atoms with Crippen molar-refractivity contribution >= 4 is 22.4 Å². The Kier molecular flexibility index (Phi) is 3.42. The number of nitrogens with two attached hydrogens (primary N) is 1. The Morgan fingerprint density at radius 3 is 2.63 bits per heavy atom.